The van der Waals surface area contributed by atoms with Crippen molar-refractivity contribution in [3.05, 3.63) is 41.0 Å². The van der Waals surface area contributed by atoms with Crippen molar-refractivity contribution in [1.82, 2.24) is 20.4 Å². The summed E-state index contributed by atoms with van der Waals surface area (Å²) < 4.78 is 11.6. The summed E-state index contributed by atoms with van der Waals surface area (Å²) in [6.45, 7) is 1.67. The van der Waals surface area contributed by atoms with E-state index in [9.17, 15) is 4.79 Å². The van der Waals surface area contributed by atoms with Crippen LogP contribution in [0.1, 0.15) is 40.8 Å². The van der Waals surface area contributed by atoms with Gasteiger partial charge in [-0.25, -0.2) is 4.98 Å². The Morgan fingerprint density at radius 2 is 2.21 bits per heavy atom. The van der Waals surface area contributed by atoms with Crippen LogP contribution in [-0.4, -0.2) is 34.2 Å². The molecule has 124 valence electrons. The third-order valence-corrected chi connectivity index (χ3v) is 4.86. The second kappa shape index (κ2) is 6.66. The second-order valence-corrected chi connectivity index (χ2v) is 6.54. The molecular formula is C16H16N4O3S. The largest absolute Gasteiger partial charge is 0.381 e. The van der Waals surface area contributed by atoms with Crippen LogP contribution in [0, 0.1) is 0 Å². The number of hydrogen-bond acceptors (Lipinski definition) is 7. The molecule has 3 heterocycles. The standard InChI is InChI=1S/C16H16N4O3S/c21-16(11-1-2-12-13(7-11)24-9-18-12)17-8-14-19-15(20-23-14)10-3-5-22-6-4-10/h1-2,7,9-10H,3-6,8H2,(H,17,21). The van der Waals surface area contributed by atoms with Gasteiger partial charge in [0.25, 0.3) is 5.91 Å². The zero-order valence-corrected chi connectivity index (χ0v) is 13.7. The van der Waals surface area contributed by atoms with Crippen molar-refractivity contribution in [3.63, 3.8) is 0 Å². The minimum absolute atomic E-state index is 0.170. The number of thiazole rings is 1. The van der Waals surface area contributed by atoms with Crippen molar-refractivity contribution < 1.29 is 14.1 Å². The number of ether oxygens (including phenoxy) is 1. The summed E-state index contributed by atoms with van der Waals surface area (Å²) in [5, 5.41) is 6.84. The van der Waals surface area contributed by atoms with Crippen molar-refractivity contribution in [2.24, 2.45) is 0 Å². The number of fused-ring (bicyclic) bond motifs is 1. The van der Waals surface area contributed by atoms with E-state index in [0.29, 0.717) is 17.3 Å². The van der Waals surface area contributed by atoms with E-state index < -0.39 is 0 Å². The van der Waals surface area contributed by atoms with Gasteiger partial charge < -0.3 is 14.6 Å². The van der Waals surface area contributed by atoms with Gasteiger partial charge in [-0.3, -0.25) is 4.79 Å². The van der Waals surface area contributed by atoms with Crippen LogP contribution < -0.4 is 5.32 Å². The van der Waals surface area contributed by atoms with Gasteiger partial charge in [0.1, 0.15) is 0 Å². The summed E-state index contributed by atoms with van der Waals surface area (Å²) in [6.07, 6.45) is 1.81. The third-order valence-electron chi connectivity index (χ3n) is 4.06. The highest BCUT2D eigenvalue weighted by Gasteiger charge is 2.21. The van der Waals surface area contributed by atoms with Gasteiger partial charge in [0.15, 0.2) is 5.82 Å². The van der Waals surface area contributed by atoms with Crippen molar-refractivity contribution >= 4 is 27.5 Å². The summed E-state index contributed by atoms with van der Waals surface area (Å²) in [5.41, 5.74) is 3.26. The summed E-state index contributed by atoms with van der Waals surface area (Å²) in [7, 11) is 0. The Bertz CT molecular complexity index is 854. The van der Waals surface area contributed by atoms with Gasteiger partial charge in [0, 0.05) is 24.7 Å². The van der Waals surface area contributed by atoms with Crippen LogP contribution >= 0.6 is 11.3 Å². The quantitative estimate of drug-likeness (QED) is 0.782. The zero-order chi connectivity index (χ0) is 16.4. The predicted molar refractivity (Wildman–Crippen MR) is 87.9 cm³/mol. The smallest absolute Gasteiger partial charge is 0.251 e. The van der Waals surface area contributed by atoms with Crippen LogP contribution in [0.15, 0.2) is 28.2 Å². The Balaban J connectivity index is 1.39. The molecule has 24 heavy (non-hydrogen) atoms. The summed E-state index contributed by atoms with van der Waals surface area (Å²) in [5.74, 6) is 1.23. The normalized spacial score (nSPS) is 15.7. The van der Waals surface area contributed by atoms with Crippen LogP contribution in [0.3, 0.4) is 0 Å². The Hall–Kier alpha value is -2.32. The average Bonchev–Trinajstić information content (AvgIpc) is 3.29. The molecule has 1 aliphatic heterocycles. The highest BCUT2D eigenvalue weighted by Crippen LogP contribution is 2.24. The van der Waals surface area contributed by atoms with Gasteiger partial charge >= 0.3 is 0 Å². The summed E-state index contributed by atoms with van der Waals surface area (Å²) in [4.78, 5) is 20.8. The van der Waals surface area contributed by atoms with Crippen molar-refractivity contribution in [2.45, 2.75) is 25.3 Å². The molecule has 0 atom stereocenters. The number of carbonyl (C=O) groups is 1. The van der Waals surface area contributed by atoms with Crippen LogP contribution in [0.5, 0.6) is 0 Å². The van der Waals surface area contributed by atoms with Crippen LogP contribution in [-0.2, 0) is 11.3 Å². The van der Waals surface area contributed by atoms with Gasteiger partial charge in [0.2, 0.25) is 5.89 Å². The van der Waals surface area contributed by atoms with Crippen LogP contribution in [0.2, 0.25) is 0 Å². The Kier molecular flexibility index (Phi) is 4.22. The lowest BCUT2D eigenvalue weighted by atomic mass is 10.00. The van der Waals surface area contributed by atoms with E-state index in [1.807, 2.05) is 12.1 Å². The van der Waals surface area contributed by atoms with Crippen molar-refractivity contribution in [2.75, 3.05) is 13.2 Å². The number of benzene rings is 1. The van der Waals surface area contributed by atoms with E-state index >= 15 is 0 Å². The monoisotopic (exact) mass is 344 g/mol. The molecule has 0 bridgehead atoms. The Morgan fingerprint density at radius 3 is 3.08 bits per heavy atom. The summed E-state index contributed by atoms with van der Waals surface area (Å²) >= 11 is 1.51. The first-order valence-electron chi connectivity index (χ1n) is 7.81. The van der Waals surface area contributed by atoms with Gasteiger partial charge in [-0.05, 0) is 31.0 Å². The molecule has 7 nitrogen and oxygen atoms in total. The van der Waals surface area contributed by atoms with E-state index in [0.717, 1.165) is 36.3 Å². The molecule has 8 heteroatoms. The molecule has 1 amide bonds. The zero-order valence-electron chi connectivity index (χ0n) is 12.9. The maximum atomic E-state index is 12.3. The molecule has 3 aromatic rings. The highest BCUT2D eigenvalue weighted by atomic mass is 32.1. The lowest BCUT2D eigenvalue weighted by molar-refractivity contribution is 0.0830. The molecule has 1 fully saturated rings. The third kappa shape index (κ3) is 3.15. The number of rotatable bonds is 4. The molecule has 1 saturated heterocycles. The van der Waals surface area contributed by atoms with E-state index in [1.54, 1.807) is 11.6 Å². The number of hydrogen-bond donors (Lipinski definition) is 1. The highest BCUT2D eigenvalue weighted by molar-refractivity contribution is 7.16. The van der Waals surface area contributed by atoms with Crippen molar-refractivity contribution in [1.29, 1.82) is 0 Å². The number of carbonyl (C=O) groups excluding carboxylic acids is 1. The molecule has 0 aliphatic carbocycles. The molecule has 1 N–H and O–H groups in total. The van der Waals surface area contributed by atoms with E-state index in [1.165, 1.54) is 11.3 Å². The van der Waals surface area contributed by atoms with E-state index in [4.69, 9.17) is 9.26 Å². The molecule has 1 aromatic carbocycles. The fourth-order valence-corrected chi connectivity index (χ4v) is 3.43. The first-order chi connectivity index (χ1) is 11.8. The molecule has 0 saturated carbocycles. The lowest BCUT2D eigenvalue weighted by Crippen LogP contribution is -2.23. The number of nitrogens with zero attached hydrogens (tertiary/aromatic N) is 3. The van der Waals surface area contributed by atoms with Gasteiger partial charge in [-0.15, -0.1) is 11.3 Å². The van der Waals surface area contributed by atoms with Crippen molar-refractivity contribution in [3.8, 4) is 0 Å². The van der Waals surface area contributed by atoms with E-state index in [2.05, 4.69) is 20.4 Å². The predicted octanol–water partition coefficient (Wildman–Crippen LogP) is 2.50. The minimum Gasteiger partial charge on any atom is -0.381 e. The Labute approximate surface area is 142 Å². The molecule has 0 spiro atoms. The average molecular weight is 344 g/mol. The number of nitrogens with one attached hydrogen (secondary N) is 1. The van der Waals surface area contributed by atoms with Crippen LogP contribution in [0.4, 0.5) is 0 Å². The lowest BCUT2D eigenvalue weighted by Gasteiger charge is -2.18. The van der Waals surface area contributed by atoms with Gasteiger partial charge in [0.05, 0.1) is 22.3 Å². The maximum Gasteiger partial charge on any atom is 0.251 e. The Morgan fingerprint density at radius 1 is 1.33 bits per heavy atom. The van der Waals surface area contributed by atoms with Gasteiger partial charge in [-0.1, -0.05) is 5.16 Å². The SMILES string of the molecule is O=C(NCc1nc(C2CCOCC2)no1)c1ccc2ncsc2c1. The second-order valence-electron chi connectivity index (χ2n) is 5.65. The molecule has 0 unspecified atom stereocenters. The molecule has 0 radical (unpaired) electrons. The molecular weight excluding hydrogens is 328 g/mol. The minimum atomic E-state index is -0.170. The van der Waals surface area contributed by atoms with E-state index in [-0.39, 0.29) is 18.4 Å². The topological polar surface area (TPSA) is 90.1 Å². The molecule has 1 aliphatic rings. The van der Waals surface area contributed by atoms with Gasteiger partial charge in [-0.2, -0.15) is 4.98 Å². The molecule has 2 aromatic heterocycles. The fraction of sp³-hybridized carbons (Fsp3) is 0.375. The fourth-order valence-electron chi connectivity index (χ4n) is 2.72. The first-order valence-corrected chi connectivity index (χ1v) is 8.69. The van der Waals surface area contributed by atoms with Crippen LogP contribution in [0.25, 0.3) is 10.2 Å². The molecule has 4 rings (SSSR count). The number of aromatic nitrogens is 3. The summed E-state index contributed by atoms with van der Waals surface area (Å²) in [6, 6.07) is 5.44. The number of amides is 1. The first kappa shape index (κ1) is 15.2. The maximum absolute atomic E-state index is 12.3.